The minimum atomic E-state index is -3.79. The summed E-state index contributed by atoms with van der Waals surface area (Å²) in [5.41, 5.74) is 1.51. The first-order valence-electron chi connectivity index (χ1n) is 9.39. The average molecular weight is 421 g/mol. The SMILES string of the molecule is N#Cc1ccccc1S(=O)(=O)N1CCN(C(=O)c2ccc(-n3cccn3)cc2)CC1. The van der Waals surface area contributed by atoms with Crippen molar-refractivity contribution in [1.29, 1.82) is 5.26 Å². The van der Waals surface area contributed by atoms with Gasteiger partial charge in [0.05, 0.1) is 16.1 Å². The molecule has 0 spiro atoms. The van der Waals surface area contributed by atoms with Crippen LogP contribution < -0.4 is 0 Å². The second-order valence-corrected chi connectivity index (χ2v) is 8.71. The molecule has 4 rings (SSSR count). The smallest absolute Gasteiger partial charge is 0.253 e. The van der Waals surface area contributed by atoms with Gasteiger partial charge in [0.1, 0.15) is 6.07 Å². The maximum atomic E-state index is 12.9. The molecular weight excluding hydrogens is 402 g/mol. The summed E-state index contributed by atoms with van der Waals surface area (Å²) in [6.45, 7) is 0.930. The maximum Gasteiger partial charge on any atom is 0.253 e. The van der Waals surface area contributed by atoms with E-state index in [2.05, 4.69) is 5.10 Å². The molecule has 152 valence electrons. The molecule has 0 unspecified atom stereocenters. The maximum absolute atomic E-state index is 12.9. The van der Waals surface area contributed by atoms with E-state index < -0.39 is 10.0 Å². The predicted octanol–water partition coefficient (Wildman–Crippen LogP) is 1.89. The van der Waals surface area contributed by atoms with Crippen molar-refractivity contribution in [2.45, 2.75) is 4.90 Å². The van der Waals surface area contributed by atoms with Crippen LogP contribution in [-0.4, -0.2) is 59.5 Å². The van der Waals surface area contributed by atoms with Crippen LogP contribution in [0, 0.1) is 11.3 Å². The molecule has 2 heterocycles. The number of carbonyl (C=O) groups excluding carboxylic acids is 1. The molecular formula is C21H19N5O3S. The monoisotopic (exact) mass is 421 g/mol. The highest BCUT2D eigenvalue weighted by Crippen LogP contribution is 2.21. The molecule has 1 aliphatic heterocycles. The van der Waals surface area contributed by atoms with E-state index in [1.807, 2.05) is 30.5 Å². The molecule has 0 atom stereocenters. The fraction of sp³-hybridized carbons (Fsp3) is 0.190. The Morgan fingerprint density at radius 1 is 0.967 bits per heavy atom. The van der Waals surface area contributed by atoms with Crippen molar-refractivity contribution in [3.05, 3.63) is 78.1 Å². The van der Waals surface area contributed by atoms with Gasteiger partial charge in [0.2, 0.25) is 10.0 Å². The lowest BCUT2D eigenvalue weighted by molar-refractivity contribution is 0.0698. The van der Waals surface area contributed by atoms with Gasteiger partial charge in [-0.25, -0.2) is 13.1 Å². The van der Waals surface area contributed by atoms with Gasteiger partial charge in [0.25, 0.3) is 5.91 Å². The largest absolute Gasteiger partial charge is 0.336 e. The fourth-order valence-corrected chi connectivity index (χ4v) is 4.98. The third-order valence-electron chi connectivity index (χ3n) is 5.03. The zero-order chi connectivity index (χ0) is 21.1. The lowest BCUT2D eigenvalue weighted by atomic mass is 10.1. The van der Waals surface area contributed by atoms with E-state index in [-0.39, 0.29) is 42.5 Å². The molecule has 30 heavy (non-hydrogen) atoms. The van der Waals surface area contributed by atoms with E-state index in [4.69, 9.17) is 0 Å². The van der Waals surface area contributed by atoms with Gasteiger partial charge in [-0.2, -0.15) is 14.7 Å². The quantitative estimate of drug-likeness (QED) is 0.641. The van der Waals surface area contributed by atoms with Crippen LogP contribution in [0.4, 0.5) is 0 Å². The molecule has 1 amide bonds. The molecule has 3 aromatic rings. The number of nitriles is 1. The number of piperazine rings is 1. The van der Waals surface area contributed by atoms with E-state index in [1.54, 1.807) is 40.0 Å². The predicted molar refractivity (Wildman–Crippen MR) is 109 cm³/mol. The van der Waals surface area contributed by atoms with Crippen molar-refractivity contribution in [2.24, 2.45) is 0 Å². The zero-order valence-corrected chi connectivity index (χ0v) is 16.9. The van der Waals surface area contributed by atoms with Crippen LogP contribution in [-0.2, 0) is 10.0 Å². The number of sulfonamides is 1. The van der Waals surface area contributed by atoms with Crippen molar-refractivity contribution < 1.29 is 13.2 Å². The highest BCUT2D eigenvalue weighted by molar-refractivity contribution is 7.89. The molecule has 1 aliphatic rings. The first kappa shape index (κ1) is 19.8. The summed E-state index contributed by atoms with van der Waals surface area (Å²) in [6, 6.07) is 17.0. The Bertz CT molecular complexity index is 1190. The minimum absolute atomic E-state index is 0.00138. The number of carbonyl (C=O) groups is 1. The number of aromatic nitrogens is 2. The normalized spacial score (nSPS) is 15.0. The van der Waals surface area contributed by atoms with Crippen LogP contribution in [0.5, 0.6) is 0 Å². The minimum Gasteiger partial charge on any atom is -0.336 e. The fourth-order valence-electron chi connectivity index (χ4n) is 3.42. The summed E-state index contributed by atoms with van der Waals surface area (Å²) >= 11 is 0. The Kier molecular flexibility index (Phi) is 5.35. The Morgan fingerprint density at radius 2 is 1.67 bits per heavy atom. The number of benzene rings is 2. The number of amides is 1. The van der Waals surface area contributed by atoms with Gasteiger partial charge >= 0.3 is 0 Å². The summed E-state index contributed by atoms with van der Waals surface area (Å²) in [7, 11) is -3.79. The third-order valence-corrected chi connectivity index (χ3v) is 6.99. The van der Waals surface area contributed by atoms with E-state index in [0.29, 0.717) is 5.56 Å². The number of nitrogens with zero attached hydrogens (tertiary/aromatic N) is 5. The van der Waals surface area contributed by atoms with E-state index in [1.165, 1.54) is 16.4 Å². The molecule has 1 saturated heterocycles. The second kappa shape index (κ2) is 8.10. The summed E-state index contributed by atoms with van der Waals surface area (Å²) in [5.74, 6) is -0.142. The highest BCUT2D eigenvalue weighted by atomic mass is 32.2. The van der Waals surface area contributed by atoms with Crippen LogP contribution in [0.25, 0.3) is 5.69 Å². The standard InChI is InChI=1S/C21H19N5O3S/c22-16-18-4-1-2-5-20(18)30(28,29)25-14-12-24(13-15-25)21(27)17-6-8-19(9-7-17)26-11-3-10-23-26/h1-11H,12-15H2. The van der Waals surface area contributed by atoms with Crippen molar-refractivity contribution in [1.82, 2.24) is 19.0 Å². The zero-order valence-electron chi connectivity index (χ0n) is 16.0. The molecule has 0 bridgehead atoms. The Labute approximate surface area is 174 Å². The van der Waals surface area contributed by atoms with Gasteiger partial charge in [-0.05, 0) is 42.5 Å². The highest BCUT2D eigenvalue weighted by Gasteiger charge is 2.31. The van der Waals surface area contributed by atoms with Gasteiger partial charge in [-0.1, -0.05) is 12.1 Å². The Balaban J connectivity index is 1.44. The Hall–Kier alpha value is -3.48. The van der Waals surface area contributed by atoms with Crippen molar-refractivity contribution in [3.63, 3.8) is 0 Å². The lowest BCUT2D eigenvalue weighted by Crippen LogP contribution is -2.50. The van der Waals surface area contributed by atoms with Crippen molar-refractivity contribution in [2.75, 3.05) is 26.2 Å². The molecule has 9 heteroatoms. The summed E-state index contributed by atoms with van der Waals surface area (Å²) in [6.07, 6.45) is 3.50. The molecule has 0 N–H and O–H groups in total. The van der Waals surface area contributed by atoms with Gasteiger partial charge in [-0.3, -0.25) is 4.79 Å². The first-order valence-corrected chi connectivity index (χ1v) is 10.8. The van der Waals surface area contributed by atoms with Gasteiger partial charge in [0, 0.05) is 44.1 Å². The van der Waals surface area contributed by atoms with Crippen LogP contribution in [0.3, 0.4) is 0 Å². The molecule has 2 aromatic carbocycles. The summed E-state index contributed by atoms with van der Waals surface area (Å²) in [4.78, 5) is 14.5. The van der Waals surface area contributed by atoms with Crippen molar-refractivity contribution in [3.8, 4) is 11.8 Å². The van der Waals surface area contributed by atoms with Gasteiger partial charge in [-0.15, -0.1) is 0 Å². The van der Waals surface area contributed by atoms with Crippen LogP contribution in [0.2, 0.25) is 0 Å². The molecule has 0 radical (unpaired) electrons. The Morgan fingerprint density at radius 3 is 2.30 bits per heavy atom. The lowest BCUT2D eigenvalue weighted by Gasteiger charge is -2.34. The third kappa shape index (κ3) is 3.70. The van der Waals surface area contributed by atoms with Gasteiger partial charge < -0.3 is 4.90 Å². The molecule has 1 fully saturated rings. The van der Waals surface area contributed by atoms with E-state index in [0.717, 1.165) is 5.69 Å². The number of hydrogen-bond donors (Lipinski definition) is 0. The van der Waals surface area contributed by atoms with Crippen LogP contribution in [0.1, 0.15) is 15.9 Å². The van der Waals surface area contributed by atoms with Crippen LogP contribution >= 0.6 is 0 Å². The van der Waals surface area contributed by atoms with Gasteiger partial charge in [0.15, 0.2) is 0 Å². The number of rotatable bonds is 4. The molecule has 0 saturated carbocycles. The van der Waals surface area contributed by atoms with Crippen molar-refractivity contribution >= 4 is 15.9 Å². The topological polar surface area (TPSA) is 99.3 Å². The average Bonchev–Trinajstić information content (AvgIpc) is 3.34. The molecule has 8 nitrogen and oxygen atoms in total. The summed E-state index contributed by atoms with van der Waals surface area (Å²) < 4.78 is 28.9. The first-order chi connectivity index (χ1) is 14.5. The molecule has 1 aromatic heterocycles. The molecule has 0 aliphatic carbocycles. The number of hydrogen-bond acceptors (Lipinski definition) is 5. The van der Waals surface area contributed by atoms with E-state index >= 15 is 0 Å². The second-order valence-electron chi connectivity index (χ2n) is 6.80. The van der Waals surface area contributed by atoms with E-state index in [9.17, 15) is 18.5 Å². The summed E-state index contributed by atoms with van der Waals surface area (Å²) in [5, 5.41) is 13.4. The van der Waals surface area contributed by atoms with Crippen LogP contribution in [0.15, 0.2) is 71.9 Å².